The zero-order chi connectivity index (χ0) is 26.7. The van der Waals surface area contributed by atoms with Crippen LogP contribution in [0.2, 0.25) is 0 Å². The number of benzene rings is 1. The number of aromatic nitrogens is 2. The molecule has 36 heavy (non-hydrogen) atoms. The molecule has 2 aromatic rings. The molecule has 0 unspecified atom stereocenters. The van der Waals surface area contributed by atoms with Crippen LogP contribution in [0.4, 0.5) is 16.4 Å². The third-order valence-electron chi connectivity index (χ3n) is 4.77. The van der Waals surface area contributed by atoms with Gasteiger partial charge in [-0.05, 0) is 29.5 Å². The highest BCUT2D eigenvalue weighted by Gasteiger charge is 2.23. The van der Waals surface area contributed by atoms with Crippen LogP contribution >= 0.6 is 0 Å². The zero-order valence-corrected chi connectivity index (χ0v) is 20.8. The number of imidazole rings is 1. The number of methoxy groups -OCH3 is 1. The minimum atomic E-state index is -1.23. The van der Waals surface area contributed by atoms with Gasteiger partial charge < -0.3 is 30.2 Å². The molecule has 5 N–H and O–H groups in total. The van der Waals surface area contributed by atoms with E-state index in [2.05, 4.69) is 25.9 Å². The Bertz CT molecular complexity index is 1050. The first kappa shape index (κ1) is 28.1. The van der Waals surface area contributed by atoms with E-state index < -0.39 is 18.1 Å². The molecule has 0 radical (unpaired) electrons. The van der Waals surface area contributed by atoms with Crippen molar-refractivity contribution in [2.45, 2.75) is 52.5 Å². The van der Waals surface area contributed by atoms with Gasteiger partial charge in [0.15, 0.2) is 0 Å². The first-order chi connectivity index (χ1) is 17.0. The fourth-order valence-electron chi connectivity index (χ4n) is 3.03. The maximum absolute atomic E-state index is 12.4. The first-order valence-corrected chi connectivity index (χ1v) is 11.4. The fourth-order valence-corrected chi connectivity index (χ4v) is 3.03. The van der Waals surface area contributed by atoms with Gasteiger partial charge in [0.25, 0.3) is 0 Å². The maximum Gasteiger partial charge on any atom is 0.407 e. The number of hydrogen-bond acceptors (Lipinski definition) is 7. The second kappa shape index (κ2) is 13.1. The van der Waals surface area contributed by atoms with Gasteiger partial charge in [-0.3, -0.25) is 14.9 Å². The van der Waals surface area contributed by atoms with Crippen LogP contribution in [0.25, 0.3) is 0 Å². The SMILES string of the molecule is COc1ccc(C[C@H](NC(=O)OCC(C)(C)C)C(=O)O)cc1NC(=O)CCCC(=O)Nc1ncc[nH]1. The summed E-state index contributed by atoms with van der Waals surface area (Å²) in [5.41, 5.74) is 0.634. The summed E-state index contributed by atoms with van der Waals surface area (Å²) < 4.78 is 10.4. The van der Waals surface area contributed by atoms with E-state index in [9.17, 15) is 24.3 Å². The zero-order valence-electron chi connectivity index (χ0n) is 20.8. The Hall–Kier alpha value is -4.09. The Labute approximate surface area is 209 Å². The average Bonchev–Trinajstić information content (AvgIpc) is 3.30. The van der Waals surface area contributed by atoms with Crippen LogP contribution in [-0.2, 0) is 25.5 Å². The molecule has 12 nitrogen and oxygen atoms in total. The smallest absolute Gasteiger partial charge is 0.407 e. The number of carbonyl (C=O) groups excluding carboxylic acids is 3. The minimum absolute atomic E-state index is 0.0419. The van der Waals surface area contributed by atoms with Gasteiger partial charge in [0.2, 0.25) is 17.8 Å². The van der Waals surface area contributed by atoms with Gasteiger partial charge in [-0.1, -0.05) is 26.8 Å². The number of rotatable bonds is 12. The molecular weight excluding hydrogens is 470 g/mol. The first-order valence-electron chi connectivity index (χ1n) is 11.4. The Morgan fingerprint density at radius 2 is 1.81 bits per heavy atom. The number of nitrogens with one attached hydrogen (secondary N) is 4. The van der Waals surface area contributed by atoms with Crippen molar-refractivity contribution in [1.29, 1.82) is 0 Å². The molecule has 0 aliphatic rings. The quantitative estimate of drug-likeness (QED) is 0.294. The van der Waals surface area contributed by atoms with Gasteiger partial charge in [-0.2, -0.15) is 0 Å². The number of carboxylic acid groups (broad SMARTS) is 1. The third kappa shape index (κ3) is 10.0. The molecule has 196 valence electrons. The summed E-state index contributed by atoms with van der Waals surface area (Å²) in [5.74, 6) is -1.12. The standard InChI is InChI=1S/C24H33N5O7/c1-24(2,3)14-36-23(34)28-17(21(32)33)13-15-8-9-18(35-4)16(12-15)27-19(30)6-5-7-20(31)29-22-25-10-11-26-22/h8-12,17H,5-7,13-14H2,1-4H3,(H,27,30)(H,28,34)(H,32,33)(H2,25,26,29,31)/t17-/m0/s1. The lowest BCUT2D eigenvalue weighted by atomic mass is 9.99. The highest BCUT2D eigenvalue weighted by molar-refractivity contribution is 5.93. The number of aliphatic carboxylic acids is 1. The molecule has 0 bridgehead atoms. The topological polar surface area (TPSA) is 172 Å². The van der Waals surface area contributed by atoms with Gasteiger partial charge in [0.05, 0.1) is 19.4 Å². The monoisotopic (exact) mass is 503 g/mol. The van der Waals surface area contributed by atoms with Crippen LogP contribution in [-0.4, -0.2) is 58.7 Å². The number of hydrogen-bond donors (Lipinski definition) is 5. The van der Waals surface area contributed by atoms with E-state index in [1.54, 1.807) is 24.4 Å². The van der Waals surface area contributed by atoms with Crippen LogP contribution in [0.15, 0.2) is 30.6 Å². The number of nitrogens with zero attached hydrogens (tertiary/aromatic N) is 1. The van der Waals surface area contributed by atoms with E-state index >= 15 is 0 Å². The highest BCUT2D eigenvalue weighted by atomic mass is 16.5. The summed E-state index contributed by atoms with van der Waals surface area (Å²) in [4.78, 5) is 54.7. The van der Waals surface area contributed by atoms with Crippen molar-refractivity contribution in [1.82, 2.24) is 15.3 Å². The summed E-state index contributed by atoms with van der Waals surface area (Å²) in [6.45, 7) is 5.79. The Balaban J connectivity index is 1.94. The van der Waals surface area contributed by atoms with E-state index in [4.69, 9.17) is 9.47 Å². The number of carbonyl (C=O) groups is 4. The Kier molecular flexibility index (Phi) is 10.3. The number of alkyl carbamates (subject to hydrolysis) is 1. The summed E-state index contributed by atoms with van der Waals surface area (Å²) in [6, 6.07) is 3.59. The van der Waals surface area contributed by atoms with Crippen molar-refractivity contribution in [2.75, 3.05) is 24.4 Å². The van der Waals surface area contributed by atoms with Crippen molar-refractivity contribution >= 4 is 35.5 Å². The maximum atomic E-state index is 12.4. The minimum Gasteiger partial charge on any atom is -0.495 e. The van der Waals surface area contributed by atoms with E-state index in [0.717, 1.165) is 0 Å². The van der Waals surface area contributed by atoms with E-state index in [1.807, 2.05) is 20.8 Å². The number of anilines is 2. The summed E-state index contributed by atoms with van der Waals surface area (Å²) in [7, 11) is 1.44. The molecule has 3 amide bonds. The Morgan fingerprint density at radius 1 is 1.11 bits per heavy atom. The third-order valence-corrected chi connectivity index (χ3v) is 4.77. The van der Waals surface area contributed by atoms with Crippen LogP contribution in [0.5, 0.6) is 5.75 Å². The molecule has 12 heteroatoms. The molecule has 0 saturated carbocycles. The van der Waals surface area contributed by atoms with Crippen LogP contribution in [0, 0.1) is 5.41 Å². The summed E-state index contributed by atoms with van der Waals surface area (Å²) >= 11 is 0. The van der Waals surface area contributed by atoms with Crippen molar-refractivity contribution in [3.8, 4) is 5.75 Å². The molecule has 1 atom stereocenters. The number of ether oxygens (including phenoxy) is 2. The number of aromatic amines is 1. The van der Waals surface area contributed by atoms with Gasteiger partial charge in [0, 0.05) is 31.7 Å². The van der Waals surface area contributed by atoms with E-state index in [-0.39, 0.29) is 43.1 Å². The number of amides is 3. The molecule has 1 heterocycles. The molecule has 0 spiro atoms. The molecule has 2 rings (SSSR count). The largest absolute Gasteiger partial charge is 0.495 e. The van der Waals surface area contributed by atoms with Crippen LogP contribution in [0.1, 0.15) is 45.6 Å². The summed E-state index contributed by atoms with van der Waals surface area (Å²) in [6.07, 6.45) is 2.74. The lowest BCUT2D eigenvalue weighted by Gasteiger charge is -2.20. The average molecular weight is 504 g/mol. The lowest BCUT2D eigenvalue weighted by molar-refractivity contribution is -0.139. The van der Waals surface area contributed by atoms with Crippen LogP contribution < -0.4 is 20.7 Å². The molecule has 0 fully saturated rings. The van der Waals surface area contributed by atoms with Crippen molar-refractivity contribution < 1.29 is 33.8 Å². The predicted octanol–water partition coefficient (Wildman–Crippen LogP) is 2.93. The van der Waals surface area contributed by atoms with Gasteiger partial charge in [-0.25, -0.2) is 14.6 Å². The normalized spacial score (nSPS) is 11.8. The number of carboxylic acids is 1. The molecule has 0 saturated heterocycles. The van der Waals surface area contributed by atoms with E-state index in [0.29, 0.717) is 29.4 Å². The van der Waals surface area contributed by atoms with Crippen molar-refractivity contribution in [2.24, 2.45) is 5.41 Å². The van der Waals surface area contributed by atoms with Crippen molar-refractivity contribution in [3.63, 3.8) is 0 Å². The van der Waals surface area contributed by atoms with Crippen LogP contribution in [0.3, 0.4) is 0 Å². The predicted molar refractivity (Wildman–Crippen MR) is 132 cm³/mol. The van der Waals surface area contributed by atoms with Crippen molar-refractivity contribution in [3.05, 3.63) is 36.2 Å². The fraction of sp³-hybridized carbons (Fsp3) is 0.458. The number of H-pyrrole nitrogens is 1. The second-order valence-electron chi connectivity index (χ2n) is 9.30. The molecule has 0 aliphatic heterocycles. The lowest BCUT2D eigenvalue weighted by Crippen LogP contribution is -2.43. The Morgan fingerprint density at radius 3 is 2.39 bits per heavy atom. The van der Waals surface area contributed by atoms with E-state index in [1.165, 1.54) is 13.3 Å². The molecule has 0 aliphatic carbocycles. The highest BCUT2D eigenvalue weighted by Crippen LogP contribution is 2.26. The second-order valence-corrected chi connectivity index (χ2v) is 9.30. The molecule has 1 aromatic heterocycles. The van der Waals surface area contributed by atoms with Gasteiger partial charge >= 0.3 is 12.1 Å². The summed E-state index contributed by atoms with van der Waals surface area (Å²) in [5, 5.41) is 17.2. The molecule has 1 aromatic carbocycles. The van der Waals surface area contributed by atoms with Gasteiger partial charge in [0.1, 0.15) is 11.8 Å². The van der Waals surface area contributed by atoms with Gasteiger partial charge in [-0.15, -0.1) is 0 Å². The molecular formula is C24H33N5O7.